The van der Waals surface area contributed by atoms with Crippen molar-refractivity contribution >= 4 is 0 Å². The lowest BCUT2D eigenvalue weighted by molar-refractivity contribution is 0.356. The first-order valence-corrected chi connectivity index (χ1v) is 4.32. The maximum atomic E-state index is 3.92. The summed E-state index contributed by atoms with van der Waals surface area (Å²) in [4.78, 5) is 2.27. The van der Waals surface area contributed by atoms with Gasteiger partial charge in [0.15, 0.2) is 0 Å². The first-order valence-electron chi connectivity index (χ1n) is 4.32. The van der Waals surface area contributed by atoms with Gasteiger partial charge in [-0.1, -0.05) is 27.0 Å². The number of nitrogens with zero attached hydrogens (tertiary/aromatic N) is 1. The van der Waals surface area contributed by atoms with Crippen LogP contribution in [-0.4, -0.2) is 18.0 Å². The zero-order valence-electron chi connectivity index (χ0n) is 7.77. The summed E-state index contributed by atoms with van der Waals surface area (Å²) in [5.74, 6) is 0. The van der Waals surface area contributed by atoms with Crippen molar-refractivity contribution in [3.8, 4) is 0 Å². The highest BCUT2D eigenvalue weighted by atomic mass is 15.1. The quantitative estimate of drug-likeness (QED) is 0.530. The highest BCUT2D eigenvalue weighted by Crippen LogP contribution is 2.04. The maximum Gasteiger partial charge on any atom is 0.0287 e. The van der Waals surface area contributed by atoms with Crippen LogP contribution < -0.4 is 0 Å². The highest BCUT2D eigenvalue weighted by molar-refractivity contribution is 5.09. The van der Waals surface area contributed by atoms with Crippen LogP contribution in [0, 0.1) is 0 Å². The van der Waals surface area contributed by atoms with E-state index in [2.05, 4.69) is 31.9 Å². The highest BCUT2D eigenvalue weighted by Gasteiger charge is 2.00. The van der Waals surface area contributed by atoms with Gasteiger partial charge in [-0.25, -0.2) is 0 Å². The zero-order chi connectivity index (χ0) is 8.69. The van der Waals surface area contributed by atoms with Gasteiger partial charge in [0.25, 0.3) is 0 Å². The second-order valence-electron chi connectivity index (χ2n) is 2.68. The van der Waals surface area contributed by atoms with E-state index in [0.29, 0.717) is 0 Å². The largest absolute Gasteiger partial charge is 0.372 e. The van der Waals surface area contributed by atoms with Gasteiger partial charge in [-0.05, 0) is 18.9 Å². The van der Waals surface area contributed by atoms with Gasteiger partial charge >= 0.3 is 0 Å². The SMILES string of the molecule is C=CC(=C)N(CCC)CCC. The van der Waals surface area contributed by atoms with Crippen LogP contribution in [-0.2, 0) is 0 Å². The van der Waals surface area contributed by atoms with E-state index in [0.717, 1.165) is 18.8 Å². The smallest absolute Gasteiger partial charge is 0.0287 e. The van der Waals surface area contributed by atoms with Gasteiger partial charge in [0, 0.05) is 18.8 Å². The van der Waals surface area contributed by atoms with Gasteiger partial charge in [0.1, 0.15) is 0 Å². The molecule has 0 aliphatic rings. The predicted octanol–water partition coefficient (Wildman–Crippen LogP) is 2.81. The Labute approximate surface area is 70.4 Å². The molecule has 0 saturated heterocycles. The second-order valence-corrected chi connectivity index (χ2v) is 2.68. The standard InChI is InChI=1S/C10H19N/c1-5-8-11(9-6-2)10(4)7-3/h7H,3-6,8-9H2,1-2H3. The van der Waals surface area contributed by atoms with Crippen molar-refractivity contribution in [1.82, 2.24) is 4.90 Å². The van der Waals surface area contributed by atoms with Crippen molar-refractivity contribution < 1.29 is 0 Å². The van der Waals surface area contributed by atoms with Crippen LogP contribution in [0.5, 0.6) is 0 Å². The van der Waals surface area contributed by atoms with Crippen LogP contribution >= 0.6 is 0 Å². The summed E-state index contributed by atoms with van der Waals surface area (Å²) in [5, 5.41) is 0. The molecule has 0 fully saturated rings. The molecule has 11 heavy (non-hydrogen) atoms. The predicted molar refractivity (Wildman–Crippen MR) is 51.5 cm³/mol. The van der Waals surface area contributed by atoms with Crippen LogP contribution in [0.1, 0.15) is 26.7 Å². The van der Waals surface area contributed by atoms with Crippen molar-refractivity contribution in [3.05, 3.63) is 24.9 Å². The molecule has 1 heteroatoms. The van der Waals surface area contributed by atoms with E-state index in [-0.39, 0.29) is 0 Å². The van der Waals surface area contributed by atoms with Gasteiger partial charge in [-0.2, -0.15) is 0 Å². The first-order chi connectivity index (χ1) is 5.26. The number of hydrogen-bond acceptors (Lipinski definition) is 1. The number of allylic oxidation sites excluding steroid dienone is 1. The molecule has 0 aliphatic heterocycles. The molecule has 0 atom stereocenters. The maximum absolute atomic E-state index is 3.92. The minimum Gasteiger partial charge on any atom is -0.372 e. The van der Waals surface area contributed by atoms with Crippen molar-refractivity contribution in [2.24, 2.45) is 0 Å². The van der Waals surface area contributed by atoms with Gasteiger partial charge in [0.2, 0.25) is 0 Å². The summed E-state index contributed by atoms with van der Waals surface area (Å²) in [7, 11) is 0. The summed E-state index contributed by atoms with van der Waals surface area (Å²) < 4.78 is 0. The summed E-state index contributed by atoms with van der Waals surface area (Å²) >= 11 is 0. The van der Waals surface area contributed by atoms with E-state index in [1.165, 1.54) is 12.8 Å². The lowest BCUT2D eigenvalue weighted by Crippen LogP contribution is -2.23. The van der Waals surface area contributed by atoms with E-state index >= 15 is 0 Å². The molecule has 1 nitrogen and oxygen atoms in total. The molecule has 0 heterocycles. The van der Waals surface area contributed by atoms with Crippen LogP contribution in [0.4, 0.5) is 0 Å². The molecule has 0 rings (SSSR count). The molecule has 64 valence electrons. The van der Waals surface area contributed by atoms with Gasteiger partial charge in [-0.15, -0.1) is 0 Å². The second kappa shape index (κ2) is 6.02. The third-order valence-electron chi connectivity index (χ3n) is 1.63. The van der Waals surface area contributed by atoms with E-state index in [1.54, 1.807) is 0 Å². The third kappa shape index (κ3) is 3.87. The van der Waals surface area contributed by atoms with Crippen molar-refractivity contribution in [1.29, 1.82) is 0 Å². The van der Waals surface area contributed by atoms with Crippen molar-refractivity contribution in [2.75, 3.05) is 13.1 Å². The van der Waals surface area contributed by atoms with E-state index in [4.69, 9.17) is 0 Å². The molecule has 0 aromatic rings. The Bertz CT molecular complexity index is 121. The average molecular weight is 153 g/mol. The Morgan fingerprint density at radius 3 is 2.00 bits per heavy atom. The average Bonchev–Trinajstić information content (AvgIpc) is 2.03. The molecule has 0 aliphatic carbocycles. The monoisotopic (exact) mass is 153 g/mol. The first kappa shape index (κ1) is 10.3. The molecular weight excluding hydrogens is 134 g/mol. The molecule has 0 unspecified atom stereocenters. The topological polar surface area (TPSA) is 3.24 Å². The number of rotatable bonds is 6. The van der Waals surface area contributed by atoms with Gasteiger partial charge in [-0.3, -0.25) is 0 Å². The molecule has 0 radical (unpaired) electrons. The molecule has 0 amide bonds. The molecule has 0 spiro atoms. The Kier molecular flexibility index (Phi) is 5.63. The van der Waals surface area contributed by atoms with Crippen molar-refractivity contribution in [2.45, 2.75) is 26.7 Å². The Morgan fingerprint density at radius 2 is 1.73 bits per heavy atom. The molecular formula is C10H19N. The fourth-order valence-electron chi connectivity index (χ4n) is 1.07. The summed E-state index contributed by atoms with van der Waals surface area (Å²) in [5.41, 5.74) is 1.05. The minimum atomic E-state index is 1.05. The van der Waals surface area contributed by atoms with Gasteiger partial charge < -0.3 is 4.90 Å². The molecule has 0 N–H and O–H groups in total. The lowest BCUT2D eigenvalue weighted by Gasteiger charge is -2.23. The number of hydrogen-bond donors (Lipinski definition) is 0. The van der Waals surface area contributed by atoms with Gasteiger partial charge in [0.05, 0.1) is 0 Å². The molecule has 0 bridgehead atoms. The van der Waals surface area contributed by atoms with E-state index in [9.17, 15) is 0 Å². The normalized spacial score (nSPS) is 9.27. The summed E-state index contributed by atoms with van der Waals surface area (Å²) in [6, 6.07) is 0. The summed E-state index contributed by atoms with van der Waals surface area (Å²) in [6.07, 6.45) is 4.17. The Balaban J connectivity index is 3.86. The lowest BCUT2D eigenvalue weighted by atomic mass is 10.3. The van der Waals surface area contributed by atoms with Crippen LogP contribution in [0.25, 0.3) is 0 Å². The molecule has 0 aromatic heterocycles. The fourth-order valence-corrected chi connectivity index (χ4v) is 1.07. The Hall–Kier alpha value is -0.720. The third-order valence-corrected chi connectivity index (χ3v) is 1.63. The molecule has 0 aromatic carbocycles. The van der Waals surface area contributed by atoms with Crippen LogP contribution in [0.2, 0.25) is 0 Å². The van der Waals surface area contributed by atoms with Crippen molar-refractivity contribution in [3.63, 3.8) is 0 Å². The van der Waals surface area contributed by atoms with Crippen LogP contribution in [0.15, 0.2) is 24.9 Å². The van der Waals surface area contributed by atoms with E-state index in [1.807, 2.05) is 6.08 Å². The minimum absolute atomic E-state index is 1.05. The van der Waals surface area contributed by atoms with E-state index < -0.39 is 0 Å². The fraction of sp³-hybridized carbons (Fsp3) is 0.600. The molecule has 0 saturated carbocycles. The summed E-state index contributed by atoms with van der Waals surface area (Å²) in [6.45, 7) is 14.2. The zero-order valence-corrected chi connectivity index (χ0v) is 7.77. The Morgan fingerprint density at radius 1 is 1.27 bits per heavy atom. The van der Waals surface area contributed by atoms with Crippen LogP contribution in [0.3, 0.4) is 0 Å².